The number of hydrogen-bond acceptors (Lipinski definition) is 1. The third-order valence-corrected chi connectivity index (χ3v) is 1.98. The van der Waals surface area contributed by atoms with Gasteiger partial charge in [-0.3, -0.25) is 0 Å². The van der Waals surface area contributed by atoms with Crippen molar-refractivity contribution in [3.63, 3.8) is 0 Å². The Morgan fingerprint density at radius 1 is 1.25 bits per heavy atom. The van der Waals surface area contributed by atoms with E-state index in [4.69, 9.17) is 0 Å². The average molecular weight is 160 g/mol. The Balaban J connectivity index is 2.86. The van der Waals surface area contributed by atoms with Crippen molar-refractivity contribution in [2.45, 2.75) is 0 Å². The largest absolute Gasteiger partial charge is 0.508 e. The summed E-state index contributed by atoms with van der Waals surface area (Å²) in [6.45, 7) is 0. The summed E-state index contributed by atoms with van der Waals surface area (Å²) in [5, 5.41) is 10.3. The van der Waals surface area contributed by atoms with Crippen molar-refractivity contribution in [1.82, 2.24) is 0 Å². The molecular weight excluding hydrogens is 150 g/mol. The molecule has 2 rings (SSSR count). The molecule has 0 radical (unpaired) electrons. The van der Waals surface area contributed by atoms with Crippen LogP contribution < -0.4 is 4.57 Å². The van der Waals surface area contributed by atoms with E-state index in [-0.39, 0.29) is 0 Å². The minimum Gasteiger partial charge on any atom is -0.508 e. The van der Waals surface area contributed by atoms with Gasteiger partial charge in [-0.05, 0) is 18.2 Å². The van der Waals surface area contributed by atoms with E-state index >= 15 is 0 Å². The fraction of sp³-hybridized carbons (Fsp3) is 0.100. The number of nitrogens with zero attached hydrogens (tertiary/aromatic N) is 1. The van der Waals surface area contributed by atoms with Crippen LogP contribution in [-0.2, 0) is 7.05 Å². The van der Waals surface area contributed by atoms with Gasteiger partial charge in [-0.25, -0.2) is 4.57 Å². The number of pyridine rings is 1. The van der Waals surface area contributed by atoms with Crippen LogP contribution in [0.5, 0.6) is 5.75 Å². The van der Waals surface area contributed by atoms with Crippen molar-refractivity contribution in [3.05, 3.63) is 36.5 Å². The summed E-state index contributed by atoms with van der Waals surface area (Å²) >= 11 is 0. The topological polar surface area (TPSA) is 24.1 Å². The van der Waals surface area contributed by atoms with Crippen LogP contribution in [0.3, 0.4) is 0 Å². The van der Waals surface area contributed by atoms with Gasteiger partial charge in [0, 0.05) is 17.5 Å². The molecule has 0 amide bonds. The van der Waals surface area contributed by atoms with Crippen LogP contribution in [0.4, 0.5) is 0 Å². The molecule has 1 N–H and O–H groups in total. The molecule has 12 heavy (non-hydrogen) atoms. The standard InChI is InChI=1S/C10H9NO/c1-11-6-2-3-8-7-9(12)4-5-10(8)11/h2-7H,1H3/p+1. The first kappa shape index (κ1) is 7.10. The van der Waals surface area contributed by atoms with Gasteiger partial charge in [0.1, 0.15) is 12.8 Å². The third kappa shape index (κ3) is 1.01. The van der Waals surface area contributed by atoms with Gasteiger partial charge < -0.3 is 5.11 Å². The molecule has 0 saturated carbocycles. The van der Waals surface area contributed by atoms with Gasteiger partial charge in [-0.2, -0.15) is 0 Å². The number of aryl methyl sites for hydroxylation is 1. The number of aromatic nitrogens is 1. The van der Waals surface area contributed by atoms with Crippen molar-refractivity contribution in [2.75, 3.05) is 0 Å². The van der Waals surface area contributed by atoms with Crippen molar-refractivity contribution in [3.8, 4) is 5.75 Å². The highest BCUT2D eigenvalue weighted by atomic mass is 16.3. The van der Waals surface area contributed by atoms with Gasteiger partial charge in [0.15, 0.2) is 6.20 Å². The summed E-state index contributed by atoms with van der Waals surface area (Å²) in [5.74, 6) is 0.314. The Kier molecular flexibility index (Phi) is 1.47. The average Bonchev–Trinajstić information content (AvgIpc) is 2.04. The van der Waals surface area contributed by atoms with Crippen LogP contribution in [0.1, 0.15) is 0 Å². The zero-order valence-corrected chi connectivity index (χ0v) is 6.86. The Hall–Kier alpha value is -1.57. The Bertz CT molecular complexity index is 423. The van der Waals surface area contributed by atoms with Crippen molar-refractivity contribution in [2.24, 2.45) is 7.05 Å². The highest BCUT2D eigenvalue weighted by molar-refractivity contribution is 5.76. The van der Waals surface area contributed by atoms with Gasteiger partial charge in [0.05, 0.1) is 0 Å². The van der Waals surface area contributed by atoms with Crippen LogP contribution >= 0.6 is 0 Å². The zero-order chi connectivity index (χ0) is 8.55. The Labute approximate surface area is 70.7 Å². The number of phenols is 1. The fourth-order valence-corrected chi connectivity index (χ4v) is 1.35. The van der Waals surface area contributed by atoms with Crippen molar-refractivity contribution < 1.29 is 9.67 Å². The molecule has 0 saturated heterocycles. The molecule has 0 fully saturated rings. The fourth-order valence-electron chi connectivity index (χ4n) is 1.35. The van der Waals surface area contributed by atoms with Crippen LogP contribution in [-0.4, -0.2) is 5.11 Å². The Morgan fingerprint density at radius 2 is 2.08 bits per heavy atom. The molecule has 2 aromatic rings. The molecule has 0 aliphatic heterocycles. The van der Waals surface area contributed by atoms with E-state index < -0.39 is 0 Å². The van der Waals surface area contributed by atoms with E-state index in [2.05, 4.69) is 0 Å². The first-order valence-electron chi connectivity index (χ1n) is 3.85. The Morgan fingerprint density at radius 3 is 2.92 bits per heavy atom. The zero-order valence-electron chi connectivity index (χ0n) is 6.86. The lowest BCUT2D eigenvalue weighted by molar-refractivity contribution is -0.644. The van der Waals surface area contributed by atoms with Gasteiger partial charge in [-0.1, -0.05) is 0 Å². The molecule has 1 heterocycles. The number of aromatic hydroxyl groups is 1. The van der Waals surface area contributed by atoms with Crippen molar-refractivity contribution in [1.29, 1.82) is 0 Å². The summed E-state index contributed by atoms with van der Waals surface area (Å²) in [5.41, 5.74) is 1.12. The second-order valence-electron chi connectivity index (χ2n) is 2.86. The number of rotatable bonds is 0. The lowest BCUT2D eigenvalue weighted by Gasteiger charge is -1.95. The monoisotopic (exact) mass is 160 g/mol. The van der Waals surface area contributed by atoms with Crippen LogP contribution in [0.2, 0.25) is 0 Å². The number of phenolic OH excluding ortho intramolecular Hbond substituents is 1. The van der Waals surface area contributed by atoms with Gasteiger partial charge in [-0.15, -0.1) is 0 Å². The van der Waals surface area contributed by atoms with Crippen molar-refractivity contribution >= 4 is 10.9 Å². The third-order valence-electron chi connectivity index (χ3n) is 1.98. The predicted octanol–water partition coefficient (Wildman–Crippen LogP) is 1.37. The second kappa shape index (κ2) is 2.48. The lowest BCUT2D eigenvalue weighted by Crippen LogP contribution is -2.27. The summed E-state index contributed by atoms with van der Waals surface area (Å²) in [7, 11) is 1.99. The van der Waals surface area contributed by atoms with Crippen LogP contribution in [0, 0.1) is 0 Å². The maximum absolute atomic E-state index is 9.21. The normalized spacial score (nSPS) is 10.4. The summed E-state index contributed by atoms with van der Waals surface area (Å²) in [6.07, 6.45) is 1.99. The number of hydrogen-bond donors (Lipinski definition) is 1. The first-order chi connectivity index (χ1) is 5.77. The molecule has 0 spiro atoms. The molecule has 0 unspecified atom stereocenters. The highest BCUT2D eigenvalue weighted by Crippen LogP contribution is 2.15. The predicted molar refractivity (Wildman–Crippen MR) is 46.8 cm³/mol. The van der Waals surface area contributed by atoms with E-state index in [1.165, 1.54) is 0 Å². The molecule has 0 aliphatic carbocycles. The maximum Gasteiger partial charge on any atom is 0.212 e. The number of benzene rings is 1. The molecule has 2 heteroatoms. The lowest BCUT2D eigenvalue weighted by atomic mass is 10.2. The van der Waals surface area contributed by atoms with Gasteiger partial charge in [0.25, 0.3) is 0 Å². The smallest absolute Gasteiger partial charge is 0.212 e. The molecular formula is C10H10NO+. The summed E-state index contributed by atoms with van der Waals surface area (Å²) in [6, 6.07) is 9.30. The summed E-state index contributed by atoms with van der Waals surface area (Å²) in [4.78, 5) is 0. The van der Waals surface area contributed by atoms with E-state index in [9.17, 15) is 5.11 Å². The molecule has 60 valence electrons. The van der Waals surface area contributed by atoms with Gasteiger partial charge >= 0.3 is 0 Å². The molecule has 1 aromatic carbocycles. The SMILES string of the molecule is C[n+]1cccc2cc(O)ccc21. The van der Waals surface area contributed by atoms with E-state index in [1.807, 2.05) is 36.0 Å². The molecule has 0 aliphatic rings. The van der Waals surface area contributed by atoms with Gasteiger partial charge in [0.2, 0.25) is 5.52 Å². The molecule has 2 nitrogen and oxygen atoms in total. The summed E-state index contributed by atoms with van der Waals surface area (Å²) < 4.78 is 2.02. The van der Waals surface area contributed by atoms with E-state index in [1.54, 1.807) is 12.1 Å². The number of fused-ring (bicyclic) bond motifs is 1. The highest BCUT2D eigenvalue weighted by Gasteiger charge is 2.02. The van der Waals surface area contributed by atoms with E-state index in [0.29, 0.717) is 5.75 Å². The molecule has 0 bridgehead atoms. The van der Waals surface area contributed by atoms with Crippen LogP contribution in [0.25, 0.3) is 10.9 Å². The minimum absolute atomic E-state index is 0.314. The molecule has 0 atom stereocenters. The maximum atomic E-state index is 9.21. The van der Waals surface area contributed by atoms with Crippen LogP contribution in [0.15, 0.2) is 36.5 Å². The quantitative estimate of drug-likeness (QED) is 0.578. The van der Waals surface area contributed by atoms with E-state index in [0.717, 1.165) is 10.9 Å². The minimum atomic E-state index is 0.314. The molecule has 1 aromatic heterocycles. The first-order valence-corrected chi connectivity index (χ1v) is 3.85. The second-order valence-corrected chi connectivity index (χ2v) is 2.86.